The highest BCUT2D eigenvalue weighted by Crippen LogP contribution is 2.42. The van der Waals surface area contributed by atoms with Crippen molar-refractivity contribution in [3.05, 3.63) is 24.3 Å². The fourth-order valence-electron chi connectivity index (χ4n) is 1.07. The van der Waals surface area contributed by atoms with Crippen LogP contribution in [0.25, 0.3) is 0 Å². The van der Waals surface area contributed by atoms with E-state index in [4.69, 9.17) is 0 Å². The standard InChI is InChI=1S/C9H16Si/c1-9(10(2,3)4)7-5-6-8-9/h5-8H,1-4H3. The minimum atomic E-state index is -1.02. The molecule has 0 saturated heterocycles. The molecule has 10 heavy (non-hydrogen) atoms. The van der Waals surface area contributed by atoms with E-state index in [2.05, 4.69) is 50.9 Å². The van der Waals surface area contributed by atoms with Crippen LogP contribution < -0.4 is 0 Å². The van der Waals surface area contributed by atoms with Crippen molar-refractivity contribution in [2.24, 2.45) is 0 Å². The molecule has 0 fully saturated rings. The van der Waals surface area contributed by atoms with E-state index in [0.29, 0.717) is 5.04 Å². The monoisotopic (exact) mass is 152 g/mol. The Morgan fingerprint density at radius 2 is 1.40 bits per heavy atom. The second-order valence-corrected chi connectivity index (χ2v) is 9.83. The molecule has 1 aliphatic carbocycles. The summed E-state index contributed by atoms with van der Waals surface area (Å²) in [6.07, 6.45) is 8.99. The average molecular weight is 152 g/mol. The first kappa shape index (κ1) is 7.80. The smallest absolute Gasteiger partial charge is 0.0593 e. The van der Waals surface area contributed by atoms with Crippen molar-refractivity contribution in [2.75, 3.05) is 0 Å². The second-order valence-electron chi connectivity index (χ2n) is 4.25. The third-order valence-electron chi connectivity index (χ3n) is 2.61. The van der Waals surface area contributed by atoms with Gasteiger partial charge in [-0.25, -0.2) is 0 Å². The first-order valence-electron chi connectivity index (χ1n) is 3.83. The van der Waals surface area contributed by atoms with Gasteiger partial charge in [0.05, 0.1) is 8.07 Å². The summed E-state index contributed by atoms with van der Waals surface area (Å²) >= 11 is 0. The summed E-state index contributed by atoms with van der Waals surface area (Å²) in [5.41, 5.74) is 0. The number of hydrogen-bond donors (Lipinski definition) is 0. The van der Waals surface area contributed by atoms with E-state index in [-0.39, 0.29) is 0 Å². The van der Waals surface area contributed by atoms with Crippen molar-refractivity contribution in [3.8, 4) is 0 Å². The molecule has 56 valence electrons. The van der Waals surface area contributed by atoms with Gasteiger partial charge in [0.1, 0.15) is 0 Å². The van der Waals surface area contributed by atoms with Crippen LogP contribution in [0.4, 0.5) is 0 Å². The summed E-state index contributed by atoms with van der Waals surface area (Å²) < 4.78 is 0. The van der Waals surface area contributed by atoms with E-state index in [9.17, 15) is 0 Å². The molecule has 0 atom stereocenters. The summed E-state index contributed by atoms with van der Waals surface area (Å²) in [7, 11) is -1.02. The molecule has 1 heteroatoms. The van der Waals surface area contributed by atoms with Gasteiger partial charge >= 0.3 is 0 Å². The van der Waals surface area contributed by atoms with Crippen LogP contribution in [0, 0.1) is 0 Å². The minimum absolute atomic E-state index is 0.410. The van der Waals surface area contributed by atoms with Crippen LogP contribution in [0.1, 0.15) is 6.92 Å². The molecular formula is C9H16Si. The van der Waals surface area contributed by atoms with Crippen molar-refractivity contribution in [1.29, 1.82) is 0 Å². The maximum atomic E-state index is 2.41. The Kier molecular flexibility index (Phi) is 1.63. The Balaban J connectivity index is 2.90. The molecule has 0 nitrogen and oxygen atoms in total. The third-order valence-corrected chi connectivity index (χ3v) is 6.18. The van der Waals surface area contributed by atoms with Crippen LogP contribution in [0.5, 0.6) is 0 Å². The zero-order valence-electron chi connectivity index (χ0n) is 7.31. The molecule has 0 spiro atoms. The summed E-state index contributed by atoms with van der Waals surface area (Å²) in [6, 6.07) is 0. The Hall–Kier alpha value is -0.303. The van der Waals surface area contributed by atoms with Crippen LogP contribution in [0.3, 0.4) is 0 Å². The van der Waals surface area contributed by atoms with E-state index >= 15 is 0 Å². The predicted molar refractivity (Wildman–Crippen MR) is 50.0 cm³/mol. The molecule has 0 aromatic rings. The van der Waals surface area contributed by atoms with Gasteiger partial charge in [0, 0.05) is 0 Å². The van der Waals surface area contributed by atoms with E-state index in [0.717, 1.165) is 0 Å². The number of hydrogen-bond acceptors (Lipinski definition) is 0. The summed E-state index contributed by atoms with van der Waals surface area (Å²) in [6.45, 7) is 9.56. The van der Waals surface area contributed by atoms with Crippen LogP contribution in [0.2, 0.25) is 24.7 Å². The molecule has 0 radical (unpaired) electrons. The fourth-order valence-corrected chi connectivity index (χ4v) is 2.26. The predicted octanol–water partition coefficient (Wildman–Crippen LogP) is 3.21. The molecule has 0 aromatic heterocycles. The first-order valence-corrected chi connectivity index (χ1v) is 7.33. The molecule has 0 aromatic carbocycles. The van der Waals surface area contributed by atoms with E-state index in [1.165, 1.54) is 0 Å². The van der Waals surface area contributed by atoms with Gasteiger partial charge < -0.3 is 0 Å². The van der Waals surface area contributed by atoms with Crippen molar-refractivity contribution in [3.63, 3.8) is 0 Å². The van der Waals surface area contributed by atoms with Gasteiger partial charge in [0.25, 0.3) is 0 Å². The number of allylic oxidation sites excluding steroid dienone is 4. The summed E-state index contributed by atoms with van der Waals surface area (Å²) in [5.74, 6) is 0. The van der Waals surface area contributed by atoms with Crippen LogP contribution >= 0.6 is 0 Å². The van der Waals surface area contributed by atoms with Crippen LogP contribution in [-0.2, 0) is 0 Å². The van der Waals surface area contributed by atoms with E-state index in [1.807, 2.05) is 0 Å². The lowest BCUT2D eigenvalue weighted by Crippen LogP contribution is -2.33. The molecule has 0 N–H and O–H groups in total. The minimum Gasteiger partial charge on any atom is -0.0776 e. The third kappa shape index (κ3) is 1.10. The van der Waals surface area contributed by atoms with Gasteiger partial charge in [-0.2, -0.15) is 0 Å². The molecule has 0 amide bonds. The zero-order valence-corrected chi connectivity index (χ0v) is 8.31. The largest absolute Gasteiger partial charge is 0.0776 e. The molecule has 0 unspecified atom stereocenters. The van der Waals surface area contributed by atoms with E-state index in [1.54, 1.807) is 0 Å². The van der Waals surface area contributed by atoms with Crippen molar-refractivity contribution >= 4 is 8.07 Å². The topological polar surface area (TPSA) is 0 Å². The molecule has 0 bridgehead atoms. The summed E-state index contributed by atoms with van der Waals surface area (Å²) in [4.78, 5) is 0. The zero-order chi connectivity index (χ0) is 7.83. The molecule has 0 heterocycles. The van der Waals surface area contributed by atoms with Crippen molar-refractivity contribution in [2.45, 2.75) is 31.6 Å². The van der Waals surface area contributed by atoms with Gasteiger partial charge in [-0.3, -0.25) is 0 Å². The lowest BCUT2D eigenvalue weighted by molar-refractivity contribution is 0.925. The second kappa shape index (κ2) is 2.09. The van der Waals surface area contributed by atoms with Gasteiger partial charge in [0.2, 0.25) is 0 Å². The highest BCUT2D eigenvalue weighted by Gasteiger charge is 2.35. The van der Waals surface area contributed by atoms with Gasteiger partial charge in [-0.05, 0) is 5.04 Å². The number of rotatable bonds is 1. The lowest BCUT2D eigenvalue weighted by Gasteiger charge is -2.33. The van der Waals surface area contributed by atoms with Crippen LogP contribution in [-0.4, -0.2) is 8.07 Å². The Morgan fingerprint density at radius 3 is 1.60 bits per heavy atom. The highest BCUT2D eigenvalue weighted by molar-refractivity contribution is 6.80. The first-order chi connectivity index (χ1) is 4.46. The molecular weight excluding hydrogens is 136 g/mol. The van der Waals surface area contributed by atoms with Gasteiger partial charge in [-0.1, -0.05) is 50.9 Å². The molecule has 0 aliphatic heterocycles. The maximum absolute atomic E-state index is 2.41. The van der Waals surface area contributed by atoms with Crippen LogP contribution in [0.15, 0.2) is 24.3 Å². The fraction of sp³-hybridized carbons (Fsp3) is 0.556. The normalized spacial score (nSPS) is 22.0. The quantitative estimate of drug-likeness (QED) is 0.506. The Bertz CT molecular complexity index is 169. The molecule has 0 saturated carbocycles. The van der Waals surface area contributed by atoms with Gasteiger partial charge in [-0.15, -0.1) is 0 Å². The van der Waals surface area contributed by atoms with Crippen molar-refractivity contribution in [1.82, 2.24) is 0 Å². The average Bonchev–Trinajstić information content (AvgIpc) is 2.13. The van der Waals surface area contributed by atoms with Crippen molar-refractivity contribution < 1.29 is 0 Å². The molecule has 1 aliphatic rings. The van der Waals surface area contributed by atoms with Gasteiger partial charge in [0.15, 0.2) is 0 Å². The lowest BCUT2D eigenvalue weighted by atomic mass is 10.2. The van der Waals surface area contributed by atoms with E-state index < -0.39 is 8.07 Å². The summed E-state index contributed by atoms with van der Waals surface area (Å²) in [5, 5.41) is 0.410. The Morgan fingerprint density at radius 1 is 1.00 bits per heavy atom. The highest BCUT2D eigenvalue weighted by atomic mass is 28.3. The Labute approximate surface area is 64.7 Å². The SMILES string of the molecule is CC1([Si](C)(C)C)C=CC=C1. The maximum Gasteiger partial charge on any atom is 0.0593 e. The molecule has 1 rings (SSSR count).